The Hall–Kier alpha value is 0.0649. The molecule has 0 aromatic carbocycles. The number of rotatable bonds is 10. The van der Waals surface area contributed by atoms with Crippen LogP contribution in [-0.4, -0.2) is 7.85 Å². The van der Waals surface area contributed by atoms with Crippen LogP contribution in [0.25, 0.3) is 0 Å². The molecule has 2 radical (unpaired) electrons. The van der Waals surface area contributed by atoms with Gasteiger partial charge >= 0.3 is 0 Å². The van der Waals surface area contributed by atoms with Crippen molar-refractivity contribution in [2.75, 3.05) is 0 Å². The average Bonchev–Trinajstić information content (AvgIpc) is 2.20. The fraction of sp³-hybridized carbons (Fsp3) is 1.00. The highest BCUT2D eigenvalue weighted by atomic mass is 14.2. The van der Waals surface area contributed by atoms with Crippen LogP contribution in [0, 0.1) is 0 Å². The summed E-state index contributed by atoms with van der Waals surface area (Å²) in [5.41, 5.74) is 0. The molecule has 0 aliphatic carbocycles. The summed E-state index contributed by atoms with van der Waals surface area (Å²) in [5, 5.41) is 0.0980. The molecule has 0 saturated carbocycles. The molecular weight excluding hydrogens is 179 g/mol. The normalized spacial score (nSPS) is 15.1. The first kappa shape index (κ1) is 15.1. The molecule has 0 N–H and O–H groups in total. The molecule has 1 atom stereocenters. The van der Waals surface area contributed by atoms with Gasteiger partial charge in [0.15, 0.2) is 0 Å². The second kappa shape index (κ2) is 9.30. The Morgan fingerprint density at radius 3 is 1.80 bits per heavy atom. The second-order valence-electron chi connectivity index (χ2n) is 5.28. The molecule has 1 heteroatoms. The van der Waals surface area contributed by atoms with E-state index in [4.69, 9.17) is 7.85 Å². The van der Waals surface area contributed by atoms with Crippen molar-refractivity contribution < 1.29 is 0 Å². The zero-order chi connectivity index (χ0) is 11.6. The lowest BCUT2D eigenvalue weighted by molar-refractivity contribution is 0.461. The number of hydrogen-bond donors (Lipinski definition) is 0. The van der Waals surface area contributed by atoms with E-state index in [2.05, 4.69) is 20.8 Å². The van der Waals surface area contributed by atoms with E-state index in [9.17, 15) is 0 Å². The van der Waals surface area contributed by atoms with Crippen LogP contribution in [0.5, 0.6) is 0 Å². The zero-order valence-corrected chi connectivity index (χ0v) is 11.1. The van der Waals surface area contributed by atoms with E-state index in [0.29, 0.717) is 0 Å². The van der Waals surface area contributed by atoms with Crippen molar-refractivity contribution in [3.05, 3.63) is 0 Å². The van der Waals surface area contributed by atoms with Crippen molar-refractivity contribution in [2.45, 2.75) is 90.3 Å². The molecule has 0 saturated heterocycles. The van der Waals surface area contributed by atoms with Gasteiger partial charge in [-0.1, -0.05) is 90.3 Å². The molecule has 0 fully saturated rings. The molecule has 0 nitrogen and oxygen atoms in total. The minimum Gasteiger partial charge on any atom is -0.0688 e. The van der Waals surface area contributed by atoms with Crippen molar-refractivity contribution in [3.63, 3.8) is 0 Å². The largest absolute Gasteiger partial charge is 0.0742 e. The Morgan fingerprint density at radius 1 is 0.733 bits per heavy atom. The minimum absolute atomic E-state index is 0.0980. The maximum Gasteiger partial charge on any atom is 0.0742 e. The van der Waals surface area contributed by atoms with Gasteiger partial charge in [0.2, 0.25) is 0 Å². The van der Waals surface area contributed by atoms with Gasteiger partial charge in [-0.25, -0.2) is 0 Å². The highest BCUT2D eigenvalue weighted by Crippen LogP contribution is 2.34. The predicted molar refractivity (Wildman–Crippen MR) is 71.6 cm³/mol. The van der Waals surface area contributed by atoms with E-state index in [1.165, 1.54) is 64.2 Å². The lowest BCUT2D eigenvalue weighted by atomic mass is 9.64. The molecule has 1 unspecified atom stereocenters. The number of hydrogen-bond acceptors (Lipinski definition) is 0. The van der Waals surface area contributed by atoms with E-state index in [-0.39, 0.29) is 5.31 Å². The molecule has 0 bridgehead atoms. The molecule has 15 heavy (non-hydrogen) atoms. The molecule has 0 spiro atoms. The van der Waals surface area contributed by atoms with Gasteiger partial charge in [-0.3, -0.25) is 0 Å². The zero-order valence-electron chi connectivity index (χ0n) is 11.1. The lowest BCUT2D eigenvalue weighted by Crippen LogP contribution is -2.07. The van der Waals surface area contributed by atoms with Crippen LogP contribution in [0.4, 0.5) is 0 Å². The minimum atomic E-state index is 0.0980. The third-order valence-electron chi connectivity index (χ3n) is 3.20. The van der Waals surface area contributed by atoms with Crippen LogP contribution in [0.15, 0.2) is 0 Å². The van der Waals surface area contributed by atoms with Crippen molar-refractivity contribution in [3.8, 4) is 0 Å². The van der Waals surface area contributed by atoms with Gasteiger partial charge in [0.25, 0.3) is 0 Å². The molecule has 0 aromatic heterocycles. The summed E-state index contributed by atoms with van der Waals surface area (Å²) >= 11 is 0. The summed E-state index contributed by atoms with van der Waals surface area (Å²) in [7, 11) is 6.24. The van der Waals surface area contributed by atoms with Crippen molar-refractivity contribution in [1.82, 2.24) is 0 Å². The Kier molecular flexibility index (Phi) is 9.34. The van der Waals surface area contributed by atoms with Crippen LogP contribution in [-0.2, 0) is 0 Å². The predicted octanol–water partition coefficient (Wildman–Crippen LogP) is 5.27. The summed E-state index contributed by atoms with van der Waals surface area (Å²) in [6.45, 7) is 6.72. The van der Waals surface area contributed by atoms with Crippen LogP contribution in [0.2, 0.25) is 5.31 Å². The molecule has 0 heterocycles. The van der Waals surface area contributed by atoms with Gasteiger partial charge in [0.05, 0.1) is 7.85 Å². The van der Waals surface area contributed by atoms with E-state index in [1.807, 2.05) is 0 Å². The summed E-state index contributed by atoms with van der Waals surface area (Å²) < 4.78 is 0. The maximum atomic E-state index is 6.24. The van der Waals surface area contributed by atoms with E-state index in [0.717, 1.165) is 0 Å². The van der Waals surface area contributed by atoms with Gasteiger partial charge in [-0.15, -0.1) is 0 Å². The second-order valence-corrected chi connectivity index (χ2v) is 5.28. The molecule has 0 rings (SSSR count). The van der Waals surface area contributed by atoms with E-state index in [1.54, 1.807) is 0 Å². The fourth-order valence-electron chi connectivity index (χ4n) is 2.01. The van der Waals surface area contributed by atoms with Gasteiger partial charge in [0.1, 0.15) is 0 Å². The van der Waals surface area contributed by atoms with E-state index >= 15 is 0 Å². The lowest BCUT2D eigenvalue weighted by Gasteiger charge is -2.24. The van der Waals surface area contributed by atoms with Crippen LogP contribution in [0.1, 0.15) is 85.0 Å². The SMILES string of the molecule is [B]C(C)(CCCC)CCCCCCCC. The first-order valence-corrected chi connectivity index (χ1v) is 6.91. The van der Waals surface area contributed by atoms with Gasteiger partial charge < -0.3 is 0 Å². The Morgan fingerprint density at radius 2 is 1.20 bits per heavy atom. The van der Waals surface area contributed by atoms with E-state index < -0.39 is 0 Å². The molecule has 88 valence electrons. The Balaban J connectivity index is 3.32. The van der Waals surface area contributed by atoms with Crippen LogP contribution >= 0.6 is 0 Å². The summed E-state index contributed by atoms with van der Waals surface area (Å²) in [6.07, 6.45) is 13.2. The fourth-order valence-corrected chi connectivity index (χ4v) is 2.01. The highest BCUT2D eigenvalue weighted by Gasteiger charge is 2.15. The van der Waals surface area contributed by atoms with Gasteiger partial charge in [-0.05, 0) is 0 Å². The first-order valence-electron chi connectivity index (χ1n) is 6.91. The molecular formula is C14H29B. The average molecular weight is 208 g/mol. The summed E-state index contributed by atoms with van der Waals surface area (Å²) in [4.78, 5) is 0. The maximum absolute atomic E-state index is 6.24. The molecule has 0 aromatic rings. The van der Waals surface area contributed by atoms with Crippen molar-refractivity contribution >= 4 is 7.85 Å². The third-order valence-corrected chi connectivity index (χ3v) is 3.20. The summed E-state index contributed by atoms with van der Waals surface area (Å²) in [5.74, 6) is 0. The Bertz CT molecular complexity index is 129. The standard InChI is InChI=1S/C14H29B/c1-4-6-8-9-10-11-13-14(3,15)12-7-5-2/h4-13H2,1-3H3. The van der Waals surface area contributed by atoms with Crippen LogP contribution in [0.3, 0.4) is 0 Å². The highest BCUT2D eigenvalue weighted by molar-refractivity contribution is 6.14. The van der Waals surface area contributed by atoms with Crippen molar-refractivity contribution in [2.24, 2.45) is 0 Å². The Labute approximate surface area is 98.6 Å². The van der Waals surface area contributed by atoms with Crippen LogP contribution < -0.4 is 0 Å². The summed E-state index contributed by atoms with van der Waals surface area (Å²) in [6, 6.07) is 0. The molecule has 0 amide bonds. The quantitative estimate of drug-likeness (QED) is 0.338. The van der Waals surface area contributed by atoms with Gasteiger partial charge in [0, 0.05) is 0 Å². The topological polar surface area (TPSA) is 0 Å². The van der Waals surface area contributed by atoms with Crippen molar-refractivity contribution in [1.29, 1.82) is 0 Å². The first-order chi connectivity index (χ1) is 7.12. The number of unbranched alkanes of at least 4 members (excludes halogenated alkanes) is 6. The molecule has 0 aliphatic rings. The monoisotopic (exact) mass is 208 g/mol. The smallest absolute Gasteiger partial charge is 0.0688 e. The molecule has 0 aliphatic heterocycles. The van der Waals surface area contributed by atoms with Gasteiger partial charge in [-0.2, -0.15) is 0 Å². The third kappa shape index (κ3) is 10.3.